The normalized spacial score (nSPS) is 21.4. The van der Waals surface area contributed by atoms with Gasteiger partial charge in [-0.15, -0.1) is 0 Å². The predicted octanol–water partition coefficient (Wildman–Crippen LogP) is 0.320. The van der Waals surface area contributed by atoms with Gasteiger partial charge in [-0.25, -0.2) is 19.1 Å². The second kappa shape index (κ2) is 2.85. The van der Waals surface area contributed by atoms with Crippen LogP contribution < -0.4 is 5.14 Å². The molecule has 1 rings (SSSR count). The van der Waals surface area contributed by atoms with Gasteiger partial charge in [-0.1, -0.05) is 0 Å². The summed E-state index contributed by atoms with van der Waals surface area (Å²) in [5.74, 6) is 0. The molecule has 11 heavy (non-hydrogen) atoms. The molecular weight excluding hydrogens is 166 g/mol. The highest BCUT2D eigenvalue weighted by Gasteiger charge is 2.06. The molecule has 5 nitrogen and oxygen atoms in total. The van der Waals surface area contributed by atoms with E-state index in [0.717, 1.165) is 6.26 Å². The Bertz CT molecular complexity index is 326. The van der Waals surface area contributed by atoms with Crippen molar-refractivity contribution >= 4 is 16.1 Å². The van der Waals surface area contributed by atoms with Crippen molar-refractivity contribution in [1.29, 1.82) is 4.78 Å². The summed E-state index contributed by atoms with van der Waals surface area (Å²) in [5, 5.41) is 4.92. The third kappa shape index (κ3) is 2.17. The molecule has 3 N–H and O–H groups in total. The number of nitrogens with two attached hydrogens (primary N) is 1. The van der Waals surface area contributed by atoms with Crippen molar-refractivity contribution in [1.82, 2.24) is 0 Å². The molecule has 1 aliphatic rings. The maximum Gasteiger partial charge on any atom is 0.185 e. The lowest BCUT2D eigenvalue weighted by molar-refractivity contribution is 0.402. The van der Waals surface area contributed by atoms with E-state index < -0.39 is 9.92 Å². The van der Waals surface area contributed by atoms with Gasteiger partial charge in [0, 0.05) is 6.21 Å². The number of allylic oxidation sites excluding steroid dienone is 1. The summed E-state index contributed by atoms with van der Waals surface area (Å²) in [6.07, 6.45) is 5.31. The quantitative estimate of drug-likeness (QED) is 0.598. The van der Waals surface area contributed by atoms with E-state index in [1.807, 2.05) is 0 Å². The SMILES string of the molecule is N=S(N)(=O)C1=COC=CC=N1. The molecule has 1 unspecified atom stereocenters. The molecule has 0 saturated heterocycles. The summed E-state index contributed by atoms with van der Waals surface area (Å²) < 4.78 is 22.5. The van der Waals surface area contributed by atoms with Crippen molar-refractivity contribution in [3.8, 4) is 0 Å². The Morgan fingerprint density at radius 2 is 2.45 bits per heavy atom. The Hall–Kier alpha value is -1.14. The van der Waals surface area contributed by atoms with Crippen LogP contribution in [-0.4, -0.2) is 10.4 Å². The maximum absolute atomic E-state index is 10.8. The molecule has 0 aromatic heterocycles. The van der Waals surface area contributed by atoms with Crippen molar-refractivity contribution in [3.05, 3.63) is 23.6 Å². The first-order valence-electron chi connectivity index (χ1n) is 2.72. The molecule has 60 valence electrons. The summed E-state index contributed by atoms with van der Waals surface area (Å²) in [7, 11) is -3.25. The summed E-state index contributed by atoms with van der Waals surface area (Å²) in [6.45, 7) is 0. The van der Waals surface area contributed by atoms with E-state index in [0.29, 0.717) is 0 Å². The van der Waals surface area contributed by atoms with Gasteiger partial charge in [0.2, 0.25) is 0 Å². The molecular formula is C5H7N3O2S. The van der Waals surface area contributed by atoms with E-state index >= 15 is 0 Å². The van der Waals surface area contributed by atoms with Gasteiger partial charge in [-0.2, -0.15) is 0 Å². The van der Waals surface area contributed by atoms with Crippen LogP contribution in [0.3, 0.4) is 0 Å². The van der Waals surface area contributed by atoms with E-state index in [4.69, 9.17) is 9.92 Å². The zero-order valence-electron chi connectivity index (χ0n) is 5.56. The number of aliphatic imine (C=N–C) groups is 1. The topological polar surface area (TPSA) is 88.5 Å². The minimum absolute atomic E-state index is 0.0671. The minimum Gasteiger partial charge on any atom is -0.470 e. The fourth-order valence-corrected chi connectivity index (χ4v) is 0.891. The Kier molecular flexibility index (Phi) is 2.06. The van der Waals surface area contributed by atoms with Gasteiger partial charge >= 0.3 is 0 Å². The molecule has 1 atom stereocenters. The van der Waals surface area contributed by atoms with Crippen molar-refractivity contribution in [2.24, 2.45) is 10.1 Å². The summed E-state index contributed by atoms with van der Waals surface area (Å²) in [6, 6.07) is 0. The molecule has 0 fully saturated rings. The Morgan fingerprint density at radius 3 is 3.09 bits per heavy atom. The van der Waals surface area contributed by atoms with E-state index in [9.17, 15) is 4.21 Å². The van der Waals surface area contributed by atoms with E-state index in [1.54, 1.807) is 0 Å². The number of nitrogens with one attached hydrogen (secondary N) is 1. The highest BCUT2D eigenvalue weighted by molar-refractivity contribution is 7.94. The first kappa shape index (κ1) is 7.96. The smallest absolute Gasteiger partial charge is 0.185 e. The number of hydrogen-bond acceptors (Lipinski definition) is 4. The van der Waals surface area contributed by atoms with Crippen molar-refractivity contribution < 1.29 is 8.95 Å². The predicted molar refractivity (Wildman–Crippen MR) is 41.8 cm³/mol. The lowest BCUT2D eigenvalue weighted by Crippen LogP contribution is -2.11. The molecule has 0 radical (unpaired) electrons. The van der Waals surface area contributed by atoms with Gasteiger partial charge in [0.05, 0.1) is 6.26 Å². The third-order valence-electron chi connectivity index (χ3n) is 0.925. The number of nitrogens with zero attached hydrogens (tertiary/aromatic N) is 1. The van der Waals surface area contributed by atoms with Gasteiger partial charge < -0.3 is 4.74 Å². The second-order valence-corrected chi connectivity index (χ2v) is 3.42. The van der Waals surface area contributed by atoms with Gasteiger partial charge in [-0.05, 0) is 6.08 Å². The van der Waals surface area contributed by atoms with Crippen LogP contribution in [0.4, 0.5) is 0 Å². The minimum atomic E-state index is -3.25. The molecule has 0 aromatic rings. The largest absolute Gasteiger partial charge is 0.470 e. The first-order chi connectivity index (χ1) is 5.11. The van der Waals surface area contributed by atoms with Gasteiger partial charge in [0.15, 0.2) is 14.9 Å². The standard InChI is InChI=1S/C5H7N3O2S/c6-11(7,9)5-4-10-3-1-2-8-5/h1-4H,(H3,6,7,9). The fourth-order valence-electron chi connectivity index (χ4n) is 0.475. The molecule has 0 bridgehead atoms. The zero-order valence-corrected chi connectivity index (χ0v) is 6.38. The van der Waals surface area contributed by atoms with Crippen molar-refractivity contribution in [2.75, 3.05) is 0 Å². The highest BCUT2D eigenvalue weighted by atomic mass is 32.2. The van der Waals surface area contributed by atoms with Crippen LogP contribution in [0, 0.1) is 4.78 Å². The first-order valence-corrected chi connectivity index (χ1v) is 4.34. The molecule has 0 saturated carbocycles. The number of ether oxygens (including phenoxy) is 1. The van der Waals surface area contributed by atoms with Crippen LogP contribution in [0.5, 0.6) is 0 Å². The second-order valence-electron chi connectivity index (χ2n) is 1.80. The van der Waals surface area contributed by atoms with Crippen LogP contribution in [0.2, 0.25) is 0 Å². The lowest BCUT2D eigenvalue weighted by Gasteiger charge is -1.97. The summed E-state index contributed by atoms with van der Waals surface area (Å²) >= 11 is 0. The van der Waals surface area contributed by atoms with Crippen LogP contribution in [0.25, 0.3) is 0 Å². The summed E-state index contributed by atoms with van der Waals surface area (Å²) in [4.78, 5) is 3.63. The van der Waals surface area contributed by atoms with E-state index in [1.165, 1.54) is 18.6 Å². The molecule has 1 aliphatic heterocycles. The van der Waals surface area contributed by atoms with Crippen molar-refractivity contribution in [3.63, 3.8) is 0 Å². The van der Waals surface area contributed by atoms with Crippen LogP contribution in [-0.2, 0) is 14.7 Å². The number of rotatable bonds is 1. The molecule has 0 aromatic carbocycles. The van der Waals surface area contributed by atoms with Crippen LogP contribution >= 0.6 is 0 Å². The molecule has 1 heterocycles. The Morgan fingerprint density at radius 1 is 1.73 bits per heavy atom. The molecule has 0 spiro atoms. The van der Waals surface area contributed by atoms with Gasteiger partial charge in [0.1, 0.15) is 6.26 Å². The van der Waals surface area contributed by atoms with E-state index in [2.05, 4.69) is 9.73 Å². The highest BCUT2D eigenvalue weighted by Crippen LogP contribution is 2.05. The average Bonchev–Trinajstić information content (AvgIpc) is 2.10. The van der Waals surface area contributed by atoms with Crippen LogP contribution in [0.15, 0.2) is 28.6 Å². The third-order valence-corrected chi connectivity index (χ3v) is 1.75. The Labute approximate surface area is 64.4 Å². The van der Waals surface area contributed by atoms with Crippen molar-refractivity contribution in [2.45, 2.75) is 0 Å². The molecule has 0 aliphatic carbocycles. The Balaban J connectivity index is 3.00. The molecule has 0 amide bonds. The monoisotopic (exact) mass is 173 g/mol. The van der Waals surface area contributed by atoms with Crippen LogP contribution in [0.1, 0.15) is 0 Å². The zero-order chi connectivity index (χ0) is 8.32. The van der Waals surface area contributed by atoms with E-state index in [-0.39, 0.29) is 5.03 Å². The number of hydrogen-bond donors (Lipinski definition) is 2. The maximum atomic E-state index is 10.8. The fraction of sp³-hybridized carbons (Fsp3) is 0. The summed E-state index contributed by atoms with van der Waals surface area (Å²) in [5.41, 5.74) is 0. The molecule has 6 heteroatoms. The average molecular weight is 173 g/mol. The van der Waals surface area contributed by atoms with Gasteiger partial charge in [0.25, 0.3) is 0 Å². The lowest BCUT2D eigenvalue weighted by atomic mass is 10.7. The van der Waals surface area contributed by atoms with Gasteiger partial charge in [-0.3, -0.25) is 0 Å².